The van der Waals surface area contributed by atoms with Gasteiger partial charge in [0.05, 0.1) is 6.10 Å². The number of aliphatic hydroxyl groups excluding tert-OH is 1. The average molecular weight is 318 g/mol. The molecule has 1 aromatic heterocycles. The van der Waals surface area contributed by atoms with Gasteiger partial charge < -0.3 is 9.67 Å². The number of aryl methyl sites for hydroxylation is 2. The zero-order valence-corrected chi connectivity index (χ0v) is 14.1. The summed E-state index contributed by atoms with van der Waals surface area (Å²) in [5.74, 6) is 0.870. The van der Waals surface area contributed by atoms with Crippen molar-refractivity contribution in [3.8, 4) is 0 Å². The van der Waals surface area contributed by atoms with E-state index in [4.69, 9.17) is 0 Å². The van der Waals surface area contributed by atoms with Gasteiger partial charge in [0, 0.05) is 25.9 Å². The molecule has 0 aliphatic rings. The maximum atomic E-state index is 10.6. The highest BCUT2D eigenvalue weighted by atomic mass is 16.3. The molecule has 0 bridgehead atoms. The van der Waals surface area contributed by atoms with Crippen LogP contribution in [0.1, 0.15) is 22.5 Å². The molecule has 1 heterocycles. The number of benzene rings is 2. The first-order valence-electron chi connectivity index (χ1n) is 8.12. The van der Waals surface area contributed by atoms with Crippen LogP contribution in [0.5, 0.6) is 0 Å². The maximum Gasteiger partial charge on any atom is 0.111 e. The highest BCUT2D eigenvalue weighted by Gasteiger charge is 2.11. The third-order valence-corrected chi connectivity index (χ3v) is 4.12. The smallest absolute Gasteiger partial charge is 0.111 e. The van der Waals surface area contributed by atoms with Crippen molar-refractivity contribution >= 4 is 5.57 Å². The monoisotopic (exact) mass is 318 g/mol. The molecule has 122 valence electrons. The van der Waals surface area contributed by atoms with Crippen molar-refractivity contribution in [3.05, 3.63) is 95.6 Å². The number of aliphatic hydroxyl groups is 1. The van der Waals surface area contributed by atoms with Crippen molar-refractivity contribution in [2.75, 3.05) is 0 Å². The summed E-state index contributed by atoms with van der Waals surface area (Å²) < 4.78 is 1.94. The normalized spacial score (nSPS) is 13.0. The minimum absolute atomic E-state index is 0.492. The Morgan fingerprint density at radius 2 is 1.75 bits per heavy atom. The standard InChI is InChI=1S/C21H22N2O/c1-16-8-10-18(11-9-16)20(17-6-4-3-5-7-17)14-19(24)15-21-22-12-13-23(21)2/h3-14,19,24H,15H2,1-2H3/b20-14-. The van der Waals surface area contributed by atoms with Crippen molar-refractivity contribution in [1.29, 1.82) is 0 Å². The van der Waals surface area contributed by atoms with Crippen LogP contribution in [0.25, 0.3) is 5.57 Å². The van der Waals surface area contributed by atoms with Gasteiger partial charge in [0.1, 0.15) is 5.82 Å². The van der Waals surface area contributed by atoms with E-state index in [0.29, 0.717) is 6.42 Å². The summed E-state index contributed by atoms with van der Waals surface area (Å²) in [6, 6.07) is 18.6. The van der Waals surface area contributed by atoms with Crippen LogP contribution in [0.2, 0.25) is 0 Å². The van der Waals surface area contributed by atoms with Gasteiger partial charge in [0.25, 0.3) is 0 Å². The Bertz CT molecular complexity index is 817. The molecule has 0 amide bonds. The minimum Gasteiger partial charge on any atom is -0.389 e. The zero-order valence-electron chi connectivity index (χ0n) is 14.1. The van der Waals surface area contributed by atoms with E-state index in [-0.39, 0.29) is 0 Å². The molecule has 1 unspecified atom stereocenters. The maximum absolute atomic E-state index is 10.6. The van der Waals surface area contributed by atoms with Gasteiger partial charge >= 0.3 is 0 Å². The van der Waals surface area contributed by atoms with Gasteiger partial charge in [0.15, 0.2) is 0 Å². The van der Waals surface area contributed by atoms with Crippen molar-refractivity contribution in [2.45, 2.75) is 19.4 Å². The first kappa shape index (κ1) is 16.2. The second kappa shape index (κ2) is 7.28. The Hall–Kier alpha value is -2.65. The van der Waals surface area contributed by atoms with Gasteiger partial charge in [0.2, 0.25) is 0 Å². The van der Waals surface area contributed by atoms with E-state index < -0.39 is 6.10 Å². The van der Waals surface area contributed by atoms with Crippen LogP contribution in [0, 0.1) is 6.92 Å². The fourth-order valence-electron chi connectivity index (χ4n) is 2.74. The molecule has 1 atom stereocenters. The third kappa shape index (κ3) is 3.81. The summed E-state index contributed by atoms with van der Waals surface area (Å²) >= 11 is 0. The summed E-state index contributed by atoms with van der Waals surface area (Å²) in [7, 11) is 1.94. The van der Waals surface area contributed by atoms with Crippen molar-refractivity contribution in [1.82, 2.24) is 9.55 Å². The molecule has 0 saturated heterocycles. The Balaban J connectivity index is 1.94. The van der Waals surface area contributed by atoms with Crippen LogP contribution in [0.15, 0.2) is 73.1 Å². The third-order valence-electron chi connectivity index (χ3n) is 4.12. The minimum atomic E-state index is -0.595. The van der Waals surface area contributed by atoms with Crippen molar-refractivity contribution < 1.29 is 5.11 Å². The Morgan fingerprint density at radius 3 is 2.38 bits per heavy atom. The molecular formula is C21H22N2O. The predicted octanol–water partition coefficient (Wildman–Crippen LogP) is 3.76. The molecule has 2 aromatic carbocycles. The topological polar surface area (TPSA) is 38.1 Å². The fraction of sp³-hybridized carbons (Fsp3) is 0.190. The molecule has 0 spiro atoms. The largest absolute Gasteiger partial charge is 0.389 e. The van der Waals surface area contributed by atoms with Gasteiger partial charge in [-0.15, -0.1) is 0 Å². The number of hydrogen-bond acceptors (Lipinski definition) is 2. The van der Waals surface area contributed by atoms with Crippen LogP contribution in [0.3, 0.4) is 0 Å². The van der Waals surface area contributed by atoms with E-state index in [1.54, 1.807) is 6.20 Å². The zero-order chi connectivity index (χ0) is 16.9. The number of rotatable bonds is 5. The van der Waals surface area contributed by atoms with Gasteiger partial charge in [-0.25, -0.2) is 4.98 Å². The summed E-state index contributed by atoms with van der Waals surface area (Å²) in [6.07, 6.45) is 5.47. The first-order valence-corrected chi connectivity index (χ1v) is 8.12. The molecule has 3 nitrogen and oxygen atoms in total. The second-order valence-electron chi connectivity index (χ2n) is 6.04. The molecule has 0 aliphatic heterocycles. The lowest BCUT2D eigenvalue weighted by molar-refractivity contribution is 0.220. The van der Waals surface area contributed by atoms with E-state index in [0.717, 1.165) is 22.5 Å². The summed E-state index contributed by atoms with van der Waals surface area (Å²) in [5, 5.41) is 10.6. The summed E-state index contributed by atoms with van der Waals surface area (Å²) in [5.41, 5.74) is 4.46. The van der Waals surface area contributed by atoms with Crippen molar-refractivity contribution in [3.63, 3.8) is 0 Å². The van der Waals surface area contributed by atoms with Gasteiger partial charge in [-0.2, -0.15) is 0 Å². The lowest BCUT2D eigenvalue weighted by Gasteiger charge is -2.13. The van der Waals surface area contributed by atoms with Crippen LogP contribution in [0.4, 0.5) is 0 Å². The Morgan fingerprint density at radius 1 is 1.08 bits per heavy atom. The molecule has 0 radical (unpaired) electrons. The van der Waals surface area contributed by atoms with Gasteiger partial charge in [-0.3, -0.25) is 0 Å². The van der Waals surface area contributed by atoms with Crippen molar-refractivity contribution in [2.24, 2.45) is 7.05 Å². The van der Waals surface area contributed by atoms with Gasteiger partial charge in [-0.1, -0.05) is 60.2 Å². The lowest BCUT2D eigenvalue weighted by Crippen LogP contribution is -2.12. The quantitative estimate of drug-likeness (QED) is 0.778. The highest BCUT2D eigenvalue weighted by Crippen LogP contribution is 2.24. The average Bonchev–Trinajstić information content (AvgIpc) is 2.99. The van der Waals surface area contributed by atoms with Crippen LogP contribution in [-0.2, 0) is 13.5 Å². The molecule has 0 saturated carbocycles. The lowest BCUT2D eigenvalue weighted by atomic mass is 9.95. The summed E-state index contributed by atoms with van der Waals surface area (Å²) in [6.45, 7) is 2.08. The number of imidazole rings is 1. The SMILES string of the molecule is Cc1ccc(/C(=C\C(O)Cc2nccn2C)c2ccccc2)cc1. The highest BCUT2D eigenvalue weighted by molar-refractivity contribution is 5.80. The van der Waals surface area contributed by atoms with Crippen LogP contribution in [-0.4, -0.2) is 20.8 Å². The number of hydrogen-bond donors (Lipinski definition) is 1. The van der Waals surface area contributed by atoms with E-state index in [1.807, 2.05) is 42.1 Å². The van der Waals surface area contributed by atoms with Crippen LogP contribution < -0.4 is 0 Å². The Labute approximate surface area is 142 Å². The molecule has 0 fully saturated rings. The second-order valence-corrected chi connectivity index (χ2v) is 6.04. The molecular weight excluding hydrogens is 296 g/mol. The van der Waals surface area contributed by atoms with Gasteiger partial charge in [-0.05, 0) is 29.7 Å². The van der Waals surface area contributed by atoms with E-state index in [1.165, 1.54) is 5.56 Å². The number of nitrogens with zero attached hydrogens (tertiary/aromatic N) is 2. The van der Waals surface area contributed by atoms with E-state index >= 15 is 0 Å². The number of aromatic nitrogens is 2. The molecule has 24 heavy (non-hydrogen) atoms. The van der Waals surface area contributed by atoms with E-state index in [9.17, 15) is 5.11 Å². The fourth-order valence-corrected chi connectivity index (χ4v) is 2.74. The van der Waals surface area contributed by atoms with Crippen LogP contribution >= 0.6 is 0 Å². The Kier molecular flexibility index (Phi) is 4.92. The summed E-state index contributed by atoms with van der Waals surface area (Å²) in [4.78, 5) is 4.29. The first-order chi connectivity index (χ1) is 11.6. The molecule has 0 aliphatic carbocycles. The predicted molar refractivity (Wildman–Crippen MR) is 97.6 cm³/mol. The molecule has 1 N–H and O–H groups in total. The van der Waals surface area contributed by atoms with E-state index in [2.05, 4.69) is 48.3 Å². The molecule has 3 aromatic rings. The molecule has 3 heteroatoms. The molecule has 3 rings (SSSR count).